The SMILES string of the molecule is NC(=S)c1ccncc1Oc1cc(Cl)c(Cl)cc1Cl. The predicted octanol–water partition coefficient (Wildman–Crippen LogP) is 4.47. The molecule has 0 aliphatic rings. The summed E-state index contributed by atoms with van der Waals surface area (Å²) in [5.41, 5.74) is 6.17. The topological polar surface area (TPSA) is 48.1 Å². The first-order valence-electron chi connectivity index (χ1n) is 5.05. The van der Waals surface area contributed by atoms with E-state index in [2.05, 4.69) is 4.98 Å². The molecule has 0 atom stereocenters. The van der Waals surface area contributed by atoms with E-state index in [1.54, 1.807) is 12.3 Å². The Kier molecular flexibility index (Phi) is 4.47. The van der Waals surface area contributed by atoms with Gasteiger partial charge in [-0.1, -0.05) is 47.0 Å². The molecule has 2 aromatic rings. The lowest BCUT2D eigenvalue weighted by atomic mass is 10.2. The second kappa shape index (κ2) is 5.92. The first kappa shape index (κ1) is 14.3. The van der Waals surface area contributed by atoms with E-state index < -0.39 is 0 Å². The van der Waals surface area contributed by atoms with Crippen molar-refractivity contribution in [1.82, 2.24) is 4.98 Å². The molecule has 0 radical (unpaired) electrons. The van der Waals surface area contributed by atoms with E-state index in [1.165, 1.54) is 18.3 Å². The summed E-state index contributed by atoms with van der Waals surface area (Å²) in [5, 5.41) is 1.01. The Bertz CT molecular complexity index is 649. The lowest BCUT2D eigenvalue weighted by Gasteiger charge is -2.11. The highest BCUT2D eigenvalue weighted by atomic mass is 35.5. The van der Waals surface area contributed by atoms with Gasteiger partial charge in [-0.25, -0.2) is 0 Å². The van der Waals surface area contributed by atoms with Crippen LogP contribution in [-0.4, -0.2) is 9.97 Å². The Balaban J connectivity index is 2.42. The molecule has 0 unspecified atom stereocenters. The maximum atomic E-state index is 6.03. The van der Waals surface area contributed by atoms with E-state index in [0.29, 0.717) is 32.1 Å². The molecule has 0 aliphatic carbocycles. The summed E-state index contributed by atoms with van der Waals surface area (Å²) in [7, 11) is 0. The highest BCUT2D eigenvalue weighted by Crippen LogP contribution is 2.36. The number of ether oxygens (including phenoxy) is 1. The van der Waals surface area contributed by atoms with E-state index in [0.717, 1.165) is 0 Å². The van der Waals surface area contributed by atoms with Crippen LogP contribution in [-0.2, 0) is 0 Å². The second-order valence-electron chi connectivity index (χ2n) is 3.53. The van der Waals surface area contributed by atoms with Gasteiger partial charge in [0.1, 0.15) is 10.7 Å². The summed E-state index contributed by atoms with van der Waals surface area (Å²) < 4.78 is 5.63. The summed E-state index contributed by atoms with van der Waals surface area (Å²) in [6.07, 6.45) is 3.06. The molecule has 1 aromatic carbocycles. The summed E-state index contributed by atoms with van der Waals surface area (Å²) in [5.74, 6) is 0.747. The Labute approximate surface area is 130 Å². The number of nitrogens with two attached hydrogens (primary N) is 1. The molecule has 1 heterocycles. The van der Waals surface area contributed by atoms with Gasteiger partial charge >= 0.3 is 0 Å². The number of halogens is 3. The zero-order chi connectivity index (χ0) is 14.0. The summed E-state index contributed by atoms with van der Waals surface area (Å²) in [6.45, 7) is 0. The first-order chi connectivity index (χ1) is 8.99. The molecular weight excluding hydrogens is 327 g/mol. The Morgan fingerprint density at radius 2 is 1.79 bits per heavy atom. The fourth-order valence-electron chi connectivity index (χ4n) is 1.37. The highest BCUT2D eigenvalue weighted by molar-refractivity contribution is 7.80. The standard InChI is InChI=1S/C12H7Cl3N2OS/c13-7-3-9(15)10(4-8(7)14)18-11-5-17-2-1-6(11)12(16)19/h1-5H,(H2,16,19). The van der Waals surface area contributed by atoms with Crippen molar-refractivity contribution >= 4 is 52.0 Å². The van der Waals surface area contributed by atoms with Crippen LogP contribution >= 0.6 is 47.0 Å². The van der Waals surface area contributed by atoms with Gasteiger partial charge in [0.2, 0.25) is 0 Å². The number of hydrogen-bond donors (Lipinski definition) is 1. The normalized spacial score (nSPS) is 10.3. The molecule has 0 saturated carbocycles. The average Bonchev–Trinajstić information content (AvgIpc) is 2.36. The van der Waals surface area contributed by atoms with E-state index in [1.807, 2.05) is 0 Å². The van der Waals surface area contributed by atoms with Crippen molar-refractivity contribution in [2.24, 2.45) is 5.73 Å². The van der Waals surface area contributed by atoms with Crippen LogP contribution in [0.4, 0.5) is 0 Å². The van der Waals surface area contributed by atoms with Crippen molar-refractivity contribution in [1.29, 1.82) is 0 Å². The lowest BCUT2D eigenvalue weighted by molar-refractivity contribution is 0.479. The summed E-state index contributed by atoms with van der Waals surface area (Å²) in [6, 6.07) is 4.67. The maximum Gasteiger partial charge on any atom is 0.155 e. The number of hydrogen-bond acceptors (Lipinski definition) is 3. The van der Waals surface area contributed by atoms with E-state index in [4.69, 9.17) is 57.5 Å². The van der Waals surface area contributed by atoms with Crippen molar-refractivity contribution in [3.05, 3.63) is 51.2 Å². The number of benzene rings is 1. The third-order valence-electron chi connectivity index (χ3n) is 2.24. The molecule has 7 heteroatoms. The van der Waals surface area contributed by atoms with Crippen LogP contribution < -0.4 is 10.5 Å². The van der Waals surface area contributed by atoms with E-state index >= 15 is 0 Å². The molecule has 0 amide bonds. The van der Waals surface area contributed by atoms with E-state index in [-0.39, 0.29) is 4.99 Å². The monoisotopic (exact) mass is 332 g/mol. The lowest BCUT2D eigenvalue weighted by Crippen LogP contribution is -2.10. The van der Waals surface area contributed by atoms with Crippen molar-refractivity contribution in [3.63, 3.8) is 0 Å². The van der Waals surface area contributed by atoms with Gasteiger partial charge in [-0.15, -0.1) is 0 Å². The van der Waals surface area contributed by atoms with Crippen molar-refractivity contribution < 1.29 is 4.74 Å². The van der Waals surface area contributed by atoms with Crippen LogP contribution in [0.1, 0.15) is 5.56 Å². The van der Waals surface area contributed by atoms with Gasteiger partial charge in [0.05, 0.1) is 26.8 Å². The molecule has 0 bridgehead atoms. The molecule has 98 valence electrons. The number of rotatable bonds is 3. The minimum Gasteiger partial charge on any atom is -0.453 e. The van der Waals surface area contributed by atoms with Gasteiger partial charge < -0.3 is 10.5 Å². The van der Waals surface area contributed by atoms with Crippen LogP contribution in [0, 0.1) is 0 Å². The van der Waals surface area contributed by atoms with Gasteiger partial charge in [0, 0.05) is 12.3 Å². The van der Waals surface area contributed by atoms with Crippen molar-refractivity contribution in [3.8, 4) is 11.5 Å². The average molecular weight is 334 g/mol. The third-order valence-corrected chi connectivity index (χ3v) is 3.48. The third kappa shape index (κ3) is 3.28. The van der Waals surface area contributed by atoms with Gasteiger partial charge in [-0.3, -0.25) is 4.98 Å². The van der Waals surface area contributed by atoms with Crippen LogP contribution in [0.2, 0.25) is 15.1 Å². The fourth-order valence-corrected chi connectivity index (χ4v) is 2.11. The maximum absolute atomic E-state index is 6.03. The largest absolute Gasteiger partial charge is 0.453 e. The van der Waals surface area contributed by atoms with Gasteiger partial charge in [0.15, 0.2) is 5.75 Å². The predicted molar refractivity (Wildman–Crippen MR) is 81.7 cm³/mol. The molecule has 0 spiro atoms. The van der Waals surface area contributed by atoms with Gasteiger partial charge in [-0.05, 0) is 12.1 Å². The Morgan fingerprint density at radius 1 is 1.11 bits per heavy atom. The number of pyridine rings is 1. The number of aromatic nitrogens is 1. The molecule has 0 fully saturated rings. The minimum atomic E-state index is 0.202. The molecule has 2 N–H and O–H groups in total. The molecule has 3 nitrogen and oxygen atoms in total. The summed E-state index contributed by atoms with van der Waals surface area (Å²) in [4.78, 5) is 4.15. The molecular formula is C12H7Cl3N2OS. The molecule has 2 rings (SSSR count). The fraction of sp³-hybridized carbons (Fsp3) is 0. The van der Waals surface area contributed by atoms with Gasteiger partial charge in [0.25, 0.3) is 0 Å². The molecule has 19 heavy (non-hydrogen) atoms. The molecule has 1 aromatic heterocycles. The smallest absolute Gasteiger partial charge is 0.155 e. The number of thiocarbonyl (C=S) groups is 1. The van der Waals surface area contributed by atoms with E-state index in [9.17, 15) is 0 Å². The zero-order valence-corrected chi connectivity index (χ0v) is 12.4. The Hall–Kier alpha value is -1.07. The first-order valence-corrected chi connectivity index (χ1v) is 6.59. The Morgan fingerprint density at radius 3 is 2.47 bits per heavy atom. The number of nitrogens with zero attached hydrogens (tertiary/aromatic N) is 1. The van der Waals surface area contributed by atoms with Gasteiger partial charge in [-0.2, -0.15) is 0 Å². The second-order valence-corrected chi connectivity index (χ2v) is 5.20. The molecule has 0 aliphatic heterocycles. The highest BCUT2D eigenvalue weighted by Gasteiger charge is 2.12. The van der Waals surface area contributed by atoms with Crippen LogP contribution in [0.5, 0.6) is 11.5 Å². The van der Waals surface area contributed by atoms with Crippen molar-refractivity contribution in [2.75, 3.05) is 0 Å². The van der Waals surface area contributed by atoms with Crippen molar-refractivity contribution in [2.45, 2.75) is 0 Å². The van der Waals surface area contributed by atoms with Crippen LogP contribution in [0.25, 0.3) is 0 Å². The zero-order valence-electron chi connectivity index (χ0n) is 9.36. The quantitative estimate of drug-likeness (QED) is 0.665. The summed E-state index contributed by atoms with van der Waals surface area (Å²) >= 11 is 22.7. The van der Waals surface area contributed by atoms with Crippen LogP contribution in [0.3, 0.4) is 0 Å². The van der Waals surface area contributed by atoms with Crippen LogP contribution in [0.15, 0.2) is 30.6 Å². The minimum absolute atomic E-state index is 0.202. The molecule has 0 saturated heterocycles.